The third kappa shape index (κ3) is 4.49. The van der Waals surface area contributed by atoms with Crippen LogP contribution in [0.3, 0.4) is 0 Å². The van der Waals surface area contributed by atoms with E-state index in [1.54, 1.807) is 17.4 Å². The molecular weight excluding hydrogens is 330 g/mol. The Morgan fingerprint density at radius 3 is 2.76 bits per heavy atom. The van der Waals surface area contributed by atoms with E-state index in [-0.39, 0.29) is 27.9 Å². The molecule has 1 heterocycles. The average molecular weight is 342 g/mol. The number of hydrogen-bond donors (Lipinski definition) is 2. The second-order valence-electron chi connectivity index (χ2n) is 4.09. The molecule has 1 amide bonds. The van der Waals surface area contributed by atoms with Crippen LogP contribution < -0.4 is 5.32 Å². The van der Waals surface area contributed by atoms with Crippen molar-refractivity contribution in [1.82, 2.24) is 0 Å². The summed E-state index contributed by atoms with van der Waals surface area (Å²) in [6.07, 6.45) is 0. The number of anilines is 1. The molecule has 1 aromatic carbocycles. The maximum absolute atomic E-state index is 11.9. The lowest BCUT2D eigenvalue weighted by Crippen LogP contribution is -2.16. The third-order valence-electron chi connectivity index (χ3n) is 2.56. The maximum Gasteiger partial charge on any atom is 0.339 e. The number of carbonyl (C=O) groups is 2. The fourth-order valence-electron chi connectivity index (χ4n) is 1.67. The van der Waals surface area contributed by atoms with Gasteiger partial charge in [0.05, 0.1) is 16.5 Å². The lowest BCUT2D eigenvalue weighted by atomic mass is 10.2. The number of nitrogens with one attached hydrogen (secondary N) is 1. The van der Waals surface area contributed by atoms with Crippen molar-refractivity contribution < 1.29 is 14.7 Å². The van der Waals surface area contributed by atoms with E-state index in [4.69, 9.17) is 16.7 Å². The number of carbonyl (C=O) groups excluding carboxylic acids is 1. The molecule has 110 valence electrons. The van der Waals surface area contributed by atoms with E-state index in [0.717, 1.165) is 5.75 Å². The van der Waals surface area contributed by atoms with Crippen LogP contribution in [0.4, 0.5) is 5.69 Å². The van der Waals surface area contributed by atoms with Gasteiger partial charge in [0.2, 0.25) is 5.91 Å². The van der Waals surface area contributed by atoms with E-state index in [1.165, 1.54) is 28.8 Å². The summed E-state index contributed by atoms with van der Waals surface area (Å²) in [7, 11) is 0. The molecule has 2 rings (SSSR count). The van der Waals surface area contributed by atoms with Gasteiger partial charge in [-0.15, -0.1) is 23.1 Å². The van der Waals surface area contributed by atoms with Crippen molar-refractivity contribution in [2.75, 3.05) is 11.1 Å². The van der Waals surface area contributed by atoms with Crippen LogP contribution in [0.25, 0.3) is 0 Å². The van der Waals surface area contributed by atoms with Crippen LogP contribution in [0, 0.1) is 0 Å². The van der Waals surface area contributed by atoms with Gasteiger partial charge in [0.25, 0.3) is 0 Å². The number of carboxylic acid groups (broad SMARTS) is 1. The summed E-state index contributed by atoms with van der Waals surface area (Å²) in [5.74, 6) is -0.404. The summed E-state index contributed by atoms with van der Waals surface area (Å²) in [5, 5.41) is 13.8. The van der Waals surface area contributed by atoms with E-state index in [9.17, 15) is 9.59 Å². The highest BCUT2D eigenvalue weighted by Crippen LogP contribution is 2.25. The van der Waals surface area contributed by atoms with E-state index in [1.807, 2.05) is 17.5 Å². The number of amides is 1. The summed E-state index contributed by atoms with van der Waals surface area (Å²) >= 11 is 8.96. The van der Waals surface area contributed by atoms with Gasteiger partial charge in [-0.2, -0.15) is 0 Å². The minimum absolute atomic E-state index is 0.0872. The van der Waals surface area contributed by atoms with Gasteiger partial charge in [-0.3, -0.25) is 4.79 Å². The molecule has 0 spiro atoms. The van der Waals surface area contributed by atoms with Crippen molar-refractivity contribution in [1.29, 1.82) is 0 Å². The fourth-order valence-corrected chi connectivity index (χ4v) is 3.59. The lowest BCUT2D eigenvalue weighted by molar-refractivity contribution is -0.113. The van der Waals surface area contributed by atoms with Gasteiger partial charge in [-0.25, -0.2) is 4.79 Å². The Morgan fingerprint density at radius 2 is 2.10 bits per heavy atom. The second-order valence-corrected chi connectivity index (χ2v) is 6.51. The van der Waals surface area contributed by atoms with Crippen LogP contribution in [0.15, 0.2) is 35.7 Å². The van der Waals surface area contributed by atoms with Crippen LogP contribution in [0.5, 0.6) is 0 Å². The predicted octanol–water partition coefficient (Wildman–Crippen LogP) is 3.97. The van der Waals surface area contributed by atoms with Crippen LogP contribution in [0.1, 0.15) is 15.2 Å². The van der Waals surface area contributed by atoms with Crippen molar-refractivity contribution in [2.45, 2.75) is 5.75 Å². The van der Waals surface area contributed by atoms with E-state index < -0.39 is 5.97 Å². The number of halogens is 1. The minimum atomic E-state index is -1.16. The van der Waals surface area contributed by atoms with Crippen molar-refractivity contribution >= 4 is 52.3 Å². The number of rotatable bonds is 6. The van der Waals surface area contributed by atoms with E-state index in [2.05, 4.69) is 5.32 Å². The highest BCUT2D eigenvalue weighted by atomic mass is 35.5. The molecule has 0 aliphatic carbocycles. The third-order valence-corrected chi connectivity index (χ3v) is 4.91. The fraction of sp³-hybridized carbons (Fsp3) is 0.143. The minimum Gasteiger partial charge on any atom is -0.478 e. The largest absolute Gasteiger partial charge is 0.478 e. The standard InChI is InChI=1S/C14H12ClNO3S2/c15-10-4-1-5-11(13(10)14(18)19)16-12(17)8-20-7-9-3-2-6-21-9/h1-6H,7-8H2,(H,16,17)(H,18,19). The number of aromatic carboxylic acids is 1. The van der Waals surface area contributed by atoms with Crippen LogP contribution >= 0.6 is 34.7 Å². The molecule has 0 radical (unpaired) electrons. The zero-order chi connectivity index (χ0) is 15.2. The molecule has 4 nitrogen and oxygen atoms in total. The highest BCUT2D eigenvalue weighted by Gasteiger charge is 2.16. The van der Waals surface area contributed by atoms with Crippen molar-refractivity contribution in [3.8, 4) is 0 Å². The highest BCUT2D eigenvalue weighted by molar-refractivity contribution is 7.99. The van der Waals surface area contributed by atoms with Gasteiger partial charge >= 0.3 is 5.97 Å². The molecule has 0 unspecified atom stereocenters. The topological polar surface area (TPSA) is 66.4 Å². The van der Waals surface area contributed by atoms with Crippen LogP contribution in [-0.4, -0.2) is 22.7 Å². The summed E-state index contributed by atoms with van der Waals surface area (Å²) < 4.78 is 0. The Kier molecular flexibility index (Phi) is 5.67. The maximum atomic E-state index is 11.9. The molecule has 2 N–H and O–H groups in total. The van der Waals surface area contributed by atoms with Crippen LogP contribution in [-0.2, 0) is 10.5 Å². The first kappa shape index (κ1) is 15.9. The predicted molar refractivity (Wildman–Crippen MR) is 87.5 cm³/mol. The summed E-state index contributed by atoms with van der Waals surface area (Å²) in [6, 6.07) is 8.58. The van der Waals surface area contributed by atoms with Gasteiger partial charge in [0.1, 0.15) is 5.56 Å². The quantitative estimate of drug-likeness (QED) is 0.834. The average Bonchev–Trinajstić information content (AvgIpc) is 2.91. The summed E-state index contributed by atoms with van der Waals surface area (Å²) in [4.78, 5) is 24.2. The second kappa shape index (κ2) is 7.49. The van der Waals surface area contributed by atoms with E-state index in [0.29, 0.717) is 0 Å². The molecule has 0 aliphatic heterocycles. The molecule has 0 saturated heterocycles. The van der Waals surface area contributed by atoms with Gasteiger partial charge in [0.15, 0.2) is 0 Å². The Labute approximate surface area is 135 Å². The Balaban J connectivity index is 1.93. The number of thioether (sulfide) groups is 1. The normalized spacial score (nSPS) is 10.3. The molecule has 0 fully saturated rings. The summed E-state index contributed by atoms with van der Waals surface area (Å²) in [5.41, 5.74) is 0.132. The molecule has 0 aliphatic rings. The summed E-state index contributed by atoms with van der Waals surface area (Å²) in [6.45, 7) is 0. The Morgan fingerprint density at radius 1 is 1.29 bits per heavy atom. The number of thiophene rings is 1. The van der Waals surface area contributed by atoms with E-state index >= 15 is 0 Å². The van der Waals surface area contributed by atoms with Gasteiger partial charge in [0, 0.05) is 10.6 Å². The lowest BCUT2D eigenvalue weighted by Gasteiger charge is -2.09. The molecule has 2 aromatic rings. The molecule has 7 heteroatoms. The van der Waals surface area contributed by atoms with Crippen molar-refractivity contribution in [3.63, 3.8) is 0 Å². The molecular formula is C14H12ClNO3S2. The molecule has 21 heavy (non-hydrogen) atoms. The van der Waals surface area contributed by atoms with Gasteiger partial charge < -0.3 is 10.4 Å². The number of benzene rings is 1. The number of carboxylic acids is 1. The molecule has 1 aromatic heterocycles. The first-order valence-corrected chi connectivity index (χ1v) is 8.41. The molecule has 0 bridgehead atoms. The number of hydrogen-bond acceptors (Lipinski definition) is 4. The zero-order valence-electron chi connectivity index (χ0n) is 10.8. The molecule has 0 atom stereocenters. The first-order valence-electron chi connectivity index (χ1n) is 5.99. The monoisotopic (exact) mass is 341 g/mol. The zero-order valence-corrected chi connectivity index (χ0v) is 13.2. The first-order chi connectivity index (χ1) is 10.1. The van der Waals surface area contributed by atoms with Gasteiger partial charge in [-0.1, -0.05) is 23.7 Å². The Hall–Kier alpha value is -1.50. The van der Waals surface area contributed by atoms with Gasteiger partial charge in [-0.05, 0) is 23.6 Å². The SMILES string of the molecule is O=C(CSCc1cccs1)Nc1cccc(Cl)c1C(=O)O. The smallest absolute Gasteiger partial charge is 0.339 e. The Bertz CT molecular complexity index is 644. The van der Waals surface area contributed by atoms with Crippen molar-refractivity contribution in [3.05, 3.63) is 51.2 Å². The van der Waals surface area contributed by atoms with Crippen molar-refractivity contribution in [2.24, 2.45) is 0 Å². The van der Waals surface area contributed by atoms with Crippen LogP contribution in [0.2, 0.25) is 5.02 Å². The molecule has 0 saturated carbocycles.